The van der Waals surface area contributed by atoms with Crippen LogP contribution in [0.1, 0.15) is 52.0 Å². The minimum atomic E-state index is -0.702. The van der Waals surface area contributed by atoms with Gasteiger partial charge in [-0.25, -0.2) is 4.79 Å². The normalized spacial score (nSPS) is 18.7. The average molecular weight is 550 g/mol. The van der Waals surface area contributed by atoms with E-state index in [1.807, 2.05) is 56.0 Å². The summed E-state index contributed by atoms with van der Waals surface area (Å²) in [6.45, 7) is 12.0. The van der Waals surface area contributed by atoms with E-state index in [0.29, 0.717) is 32.6 Å². The first kappa shape index (κ1) is 28.0. The molecule has 0 bridgehead atoms. The zero-order chi connectivity index (χ0) is 28.1. The monoisotopic (exact) mass is 549 g/mol. The summed E-state index contributed by atoms with van der Waals surface area (Å²) in [4.78, 5) is 45.0. The van der Waals surface area contributed by atoms with E-state index in [4.69, 9.17) is 14.7 Å². The highest BCUT2D eigenvalue weighted by Gasteiger charge is 2.31. The fourth-order valence-corrected chi connectivity index (χ4v) is 5.61. The van der Waals surface area contributed by atoms with Crippen molar-refractivity contribution >= 4 is 29.6 Å². The van der Waals surface area contributed by atoms with E-state index in [9.17, 15) is 9.59 Å². The van der Waals surface area contributed by atoms with Gasteiger partial charge in [0, 0.05) is 64.8 Å². The van der Waals surface area contributed by atoms with Crippen LogP contribution < -0.4 is 20.0 Å². The molecule has 3 fully saturated rings. The quantitative estimate of drug-likeness (QED) is 0.561. The number of aromatic nitrogens is 2. The molecule has 3 saturated heterocycles. The predicted octanol–water partition coefficient (Wildman–Crippen LogP) is 3.46. The van der Waals surface area contributed by atoms with Crippen LogP contribution in [-0.4, -0.2) is 90.9 Å². The molecule has 0 saturated carbocycles. The van der Waals surface area contributed by atoms with Gasteiger partial charge in [0.1, 0.15) is 23.3 Å². The second-order valence-electron chi connectivity index (χ2n) is 12.0. The third-order valence-electron chi connectivity index (χ3n) is 7.69. The Morgan fingerprint density at radius 2 is 1.38 bits per heavy atom. The lowest BCUT2D eigenvalue weighted by Crippen LogP contribution is -2.56. The summed E-state index contributed by atoms with van der Waals surface area (Å²) in [6.07, 6.45) is 4.57. The number of carbonyl (C=O) groups is 2. The molecule has 2 aromatic rings. The molecular weight excluding hydrogens is 506 g/mol. The van der Waals surface area contributed by atoms with Crippen molar-refractivity contribution in [2.24, 2.45) is 0 Å². The summed E-state index contributed by atoms with van der Waals surface area (Å²) < 4.78 is 5.47. The molecule has 216 valence electrons. The number of benzene rings is 1. The molecule has 0 spiro atoms. The minimum Gasteiger partial charge on any atom is -0.444 e. The zero-order valence-corrected chi connectivity index (χ0v) is 24.1. The summed E-state index contributed by atoms with van der Waals surface area (Å²) in [5.74, 6) is 2.67. The lowest BCUT2D eigenvalue weighted by Gasteiger charge is -2.37. The van der Waals surface area contributed by atoms with Crippen molar-refractivity contribution in [3.05, 3.63) is 42.0 Å². The highest BCUT2D eigenvalue weighted by atomic mass is 16.6. The van der Waals surface area contributed by atoms with Crippen LogP contribution in [0.5, 0.6) is 0 Å². The van der Waals surface area contributed by atoms with Gasteiger partial charge in [-0.1, -0.05) is 30.3 Å². The molecule has 2 amide bonds. The van der Waals surface area contributed by atoms with Crippen molar-refractivity contribution in [2.45, 2.75) is 64.5 Å². The molecule has 0 radical (unpaired) electrons. The largest absolute Gasteiger partial charge is 0.444 e. The number of anilines is 3. The molecule has 10 nitrogen and oxygen atoms in total. The Balaban J connectivity index is 1.28. The van der Waals surface area contributed by atoms with Gasteiger partial charge >= 0.3 is 6.09 Å². The lowest BCUT2D eigenvalue weighted by molar-refractivity contribution is -0.133. The average Bonchev–Trinajstić information content (AvgIpc) is 3.67. The van der Waals surface area contributed by atoms with Crippen LogP contribution >= 0.6 is 0 Å². The Morgan fingerprint density at radius 3 is 1.95 bits per heavy atom. The third-order valence-corrected chi connectivity index (χ3v) is 7.69. The molecule has 1 aromatic carbocycles. The van der Waals surface area contributed by atoms with Crippen molar-refractivity contribution in [2.75, 3.05) is 67.1 Å². The van der Waals surface area contributed by atoms with E-state index < -0.39 is 17.7 Å². The van der Waals surface area contributed by atoms with Gasteiger partial charge in [-0.15, -0.1) is 0 Å². The topological polar surface area (TPSA) is 94.1 Å². The summed E-state index contributed by atoms with van der Waals surface area (Å²) in [7, 11) is 0. The standard InChI is InChI=1S/C30H43N7O3/c1-30(2,3)40-29(39)31-24(21-23-11-5-4-6-12-23)27(38)36-19-17-35(18-20-36)26-22-25(34-13-7-8-14-34)32-28(33-26)37-15-9-10-16-37/h4-6,11-12,22,24H,7-10,13-21H2,1-3H3,(H,31,39)/t24-/m0/s1. The number of hydrogen-bond donors (Lipinski definition) is 1. The molecular formula is C30H43N7O3. The third kappa shape index (κ3) is 7.14. The first-order valence-electron chi connectivity index (χ1n) is 14.7. The molecule has 1 atom stereocenters. The van der Waals surface area contributed by atoms with Gasteiger partial charge in [0.2, 0.25) is 11.9 Å². The molecule has 4 heterocycles. The highest BCUT2D eigenvalue weighted by molar-refractivity contribution is 5.86. The number of carbonyl (C=O) groups excluding carboxylic acids is 2. The summed E-state index contributed by atoms with van der Waals surface area (Å²) in [5.41, 5.74) is 0.343. The number of nitrogens with zero attached hydrogens (tertiary/aromatic N) is 6. The maximum Gasteiger partial charge on any atom is 0.408 e. The van der Waals surface area contributed by atoms with E-state index >= 15 is 0 Å². The molecule has 0 unspecified atom stereocenters. The van der Waals surface area contributed by atoms with Crippen molar-refractivity contribution in [3.8, 4) is 0 Å². The number of piperazine rings is 1. The van der Waals surface area contributed by atoms with Gasteiger partial charge in [-0.3, -0.25) is 4.79 Å². The van der Waals surface area contributed by atoms with Crippen LogP contribution in [0.3, 0.4) is 0 Å². The zero-order valence-electron chi connectivity index (χ0n) is 24.1. The first-order chi connectivity index (χ1) is 19.2. The maximum absolute atomic E-state index is 13.7. The number of amides is 2. The molecule has 1 aromatic heterocycles. The second kappa shape index (κ2) is 12.3. The van der Waals surface area contributed by atoms with Crippen molar-refractivity contribution in [1.29, 1.82) is 0 Å². The number of nitrogens with one attached hydrogen (secondary N) is 1. The van der Waals surface area contributed by atoms with Crippen LogP contribution in [-0.2, 0) is 16.0 Å². The second-order valence-corrected chi connectivity index (χ2v) is 12.0. The van der Waals surface area contributed by atoms with Crippen LogP contribution in [0, 0.1) is 0 Å². The Kier molecular flexibility index (Phi) is 8.61. The Labute approximate surface area is 237 Å². The number of hydrogen-bond acceptors (Lipinski definition) is 8. The van der Waals surface area contributed by atoms with Gasteiger partial charge in [0.05, 0.1) is 0 Å². The summed E-state index contributed by atoms with van der Waals surface area (Å²) >= 11 is 0. The number of alkyl carbamates (subject to hydrolysis) is 1. The van der Waals surface area contributed by atoms with E-state index in [0.717, 1.165) is 49.3 Å². The first-order valence-corrected chi connectivity index (χ1v) is 14.7. The number of ether oxygens (including phenoxy) is 1. The number of rotatable bonds is 7. The van der Waals surface area contributed by atoms with Crippen LogP contribution in [0.25, 0.3) is 0 Å². The van der Waals surface area contributed by atoms with E-state index in [1.165, 1.54) is 25.7 Å². The smallest absolute Gasteiger partial charge is 0.408 e. The predicted molar refractivity (Wildman–Crippen MR) is 157 cm³/mol. The molecule has 10 heteroatoms. The maximum atomic E-state index is 13.7. The fraction of sp³-hybridized carbons (Fsp3) is 0.600. The van der Waals surface area contributed by atoms with Gasteiger partial charge in [0.15, 0.2) is 0 Å². The van der Waals surface area contributed by atoms with Gasteiger partial charge in [-0.2, -0.15) is 9.97 Å². The van der Waals surface area contributed by atoms with Crippen LogP contribution in [0.15, 0.2) is 36.4 Å². The van der Waals surface area contributed by atoms with E-state index in [1.54, 1.807) is 0 Å². The fourth-order valence-electron chi connectivity index (χ4n) is 5.61. The molecule has 3 aliphatic rings. The molecule has 40 heavy (non-hydrogen) atoms. The Bertz CT molecular complexity index is 1120. The van der Waals surface area contributed by atoms with Gasteiger partial charge in [0.25, 0.3) is 0 Å². The Morgan fingerprint density at radius 1 is 0.825 bits per heavy atom. The van der Waals surface area contributed by atoms with Gasteiger partial charge < -0.3 is 29.7 Å². The molecule has 0 aliphatic carbocycles. The Hall–Kier alpha value is -3.56. The van der Waals surface area contributed by atoms with Crippen molar-refractivity contribution in [1.82, 2.24) is 20.2 Å². The van der Waals surface area contributed by atoms with E-state index in [-0.39, 0.29) is 5.91 Å². The van der Waals surface area contributed by atoms with Crippen LogP contribution in [0.2, 0.25) is 0 Å². The molecule has 5 rings (SSSR count). The van der Waals surface area contributed by atoms with E-state index in [2.05, 4.69) is 26.1 Å². The summed E-state index contributed by atoms with van der Waals surface area (Å²) in [6, 6.07) is 11.2. The summed E-state index contributed by atoms with van der Waals surface area (Å²) in [5, 5.41) is 2.84. The minimum absolute atomic E-state index is 0.0902. The SMILES string of the molecule is CC(C)(C)OC(=O)N[C@@H](Cc1ccccc1)C(=O)N1CCN(c2cc(N3CCCC3)nc(N3CCCC3)n2)CC1. The van der Waals surface area contributed by atoms with Crippen LogP contribution in [0.4, 0.5) is 22.4 Å². The van der Waals surface area contributed by atoms with Crippen molar-refractivity contribution < 1.29 is 14.3 Å². The highest BCUT2D eigenvalue weighted by Crippen LogP contribution is 2.28. The van der Waals surface area contributed by atoms with Gasteiger partial charge in [-0.05, 0) is 52.0 Å². The molecule has 1 N–H and O–H groups in total. The lowest BCUT2D eigenvalue weighted by atomic mass is 10.0. The van der Waals surface area contributed by atoms with Crippen molar-refractivity contribution in [3.63, 3.8) is 0 Å². The molecule has 3 aliphatic heterocycles.